The molecule has 0 heterocycles. The Morgan fingerprint density at radius 1 is 1.50 bits per heavy atom. The molecule has 1 aromatic carbocycles. The van der Waals surface area contributed by atoms with Gasteiger partial charge in [0.25, 0.3) is 0 Å². The fourth-order valence-corrected chi connectivity index (χ4v) is 2.81. The van der Waals surface area contributed by atoms with E-state index in [1.165, 1.54) is 0 Å². The van der Waals surface area contributed by atoms with Crippen molar-refractivity contribution >= 4 is 45.4 Å². The van der Waals surface area contributed by atoms with Gasteiger partial charge in [-0.15, -0.1) is 0 Å². The first-order valence-corrected chi connectivity index (χ1v) is 6.73. The third-order valence-electron chi connectivity index (χ3n) is 1.43. The zero-order chi connectivity index (χ0) is 9.14. The molecule has 0 aliphatic heterocycles. The third kappa shape index (κ3) is 2.24. The Kier molecular flexibility index (Phi) is 3.60. The van der Waals surface area contributed by atoms with Gasteiger partial charge in [0, 0.05) is 0 Å². The van der Waals surface area contributed by atoms with Crippen molar-refractivity contribution in [1.82, 2.24) is 0 Å². The fraction of sp³-hybridized carbons (Fsp3) is 0.125. The van der Waals surface area contributed by atoms with Gasteiger partial charge >= 0.3 is 86.5 Å². The summed E-state index contributed by atoms with van der Waals surface area (Å²) in [6.45, 7) is 1.95. The van der Waals surface area contributed by atoms with E-state index in [9.17, 15) is 4.79 Å². The topological polar surface area (TPSA) is 17.1 Å². The van der Waals surface area contributed by atoms with Gasteiger partial charge < -0.3 is 0 Å². The molecule has 1 nitrogen and oxygen atoms in total. The summed E-state index contributed by atoms with van der Waals surface area (Å²) >= 11 is 5.15. The minimum absolute atomic E-state index is 0.202. The van der Waals surface area contributed by atoms with E-state index in [-0.39, 0.29) is 14.0 Å². The monoisotopic (exact) mass is 268 g/mol. The molecular weight excluding hydrogens is 262 g/mol. The van der Waals surface area contributed by atoms with Crippen LogP contribution >= 0.6 is 21.7 Å². The average molecular weight is 268 g/mol. The standard InChI is InChI=1S/C8H6Cl2OSe/c1-5-2-3-6(8(9)11)7(4-5)12-10/h2-4H,1H3. The van der Waals surface area contributed by atoms with Gasteiger partial charge in [-0.25, -0.2) is 0 Å². The predicted molar refractivity (Wildman–Crippen MR) is 52.6 cm³/mol. The van der Waals surface area contributed by atoms with E-state index < -0.39 is 5.24 Å². The van der Waals surface area contributed by atoms with Crippen molar-refractivity contribution in [2.45, 2.75) is 6.92 Å². The Morgan fingerprint density at radius 2 is 2.17 bits per heavy atom. The van der Waals surface area contributed by atoms with Crippen molar-refractivity contribution in [3.05, 3.63) is 29.3 Å². The van der Waals surface area contributed by atoms with Crippen LogP contribution in [0.3, 0.4) is 0 Å². The fourth-order valence-electron chi connectivity index (χ4n) is 0.856. The Balaban J connectivity index is 3.20. The van der Waals surface area contributed by atoms with Crippen LogP contribution in [0.4, 0.5) is 0 Å². The van der Waals surface area contributed by atoms with E-state index in [2.05, 4.69) is 0 Å². The average Bonchev–Trinajstić information content (AvgIpc) is 2.03. The molecule has 0 unspecified atom stereocenters. The summed E-state index contributed by atoms with van der Waals surface area (Å²) in [6, 6.07) is 5.45. The number of hydrogen-bond donors (Lipinski definition) is 0. The minimum atomic E-state index is -0.437. The molecule has 0 fully saturated rings. The first-order valence-electron chi connectivity index (χ1n) is 3.24. The van der Waals surface area contributed by atoms with Crippen LogP contribution in [0.1, 0.15) is 15.9 Å². The van der Waals surface area contributed by atoms with Crippen molar-refractivity contribution in [1.29, 1.82) is 0 Å². The number of benzene rings is 1. The summed E-state index contributed by atoms with van der Waals surface area (Å²) in [4.78, 5) is 10.9. The zero-order valence-electron chi connectivity index (χ0n) is 6.30. The molecule has 0 bridgehead atoms. The van der Waals surface area contributed by atoms with Gasteiger partial charge in [0.2, 0.25) is 0 Å². The summed E-state index contributed by atoms with van der Waals surface area (Å²) in [5.74, 6) is 0. The van der Waals surface area contributed by atoms with E-state index in [0.717, 1.165) is 10.0 Å². The summed E-state index contributed by atoms with van der Waals surface area (Å²) in [5.41, 5.74) is 1.62. The van der Waals surface area contributed by atoms with Crippen LogP contribution < -0.4 is 4.46 Å². The van der Waals surface area contributed by atoms with Crippen molar-refractivity contribution in [2.24, 2.45) is 0 Å². The predicted octanol–water partition coefficient (Wildman–Crippen LogP) is 1.86. The molecule has 0 radical (unpaired) electrons. The quantitative estimate of drug-likeness (QED) is 0.591. The molecule has 12 heavy (non-hydrogen) atoms. The molecule has 64 valence electrons. The molecule has 0 spiro atoms. The van der Waals surface area contributed by atoms with E-state index in [4.69, 9.17) is 21.7 Å². The Labute approximate surface area is 86.4 Å². The molecule has 4 heteroatoms. The van der Waals surface area contributed by atoms with E-state index in [1.807, 2.05) is 19.1 Å². The first kappa shape index (κ1) is 10.1. The first-order chi connectivity index (χ1) is 5.65. The third-order valence-corrected chi connectivity index (χ3v) is 3.56. The van der Waals surface area contributed by atoms with Crippen LogP contribution in [0.5, 0.6) is 0 Å². The molecule has 0 amide bonds. The number of rotatable bonds is 2. The SMILES string of the molecule is Cc1ccc(C(=O)Cl)c([Se]Cl)c1. The number of aryl methyl sites for hydroxylation is 1. The number of carbonyl (C=O) groups is 1. The van der Waals surface area contributed by atoms with E-state index in [1.54, 1.807) is 6.07 Å². The number of carbonyl (C=O) groups excluding carboxylic acids is 1. The Morgan fingerprint density at radius 3 is 2.67 bits per heavy atom. The molecule has 0 aromatic heterocycles. The van der Waals surface area contributed by atoms with Gasteiger partial charge in [0.15, 0.2) is 0 Å². The maximum atomic E-state index is 10.9. The Bertz CT molecular complexity index is 312. The van der Waals surface area contributed by atoms with Crippen molar-refractivity contribution in [3.8, 4) is 0 Å². The van der Waals surface area contributed by atoms with E-state index in [0.29, 0.717) is 5.56 Å². The van der Waals surface area contributed by atoms with Gasteiger partial charge in [0.1, 0.15) is 0 Å². The van der Waals surface area contributed by atoms with Crippen LogP contribution in [0, 0.1) is 6.92 Å². The molecular formula is C8H6Cl2OSe. The van der Waals surface area contributed by atoms with Gasteiger partial charge in [-0.2, -0.15) is 0 Å². The van der Waals surface area contributed by atoms with Crippen molar-refractivity contribution in [3.63, 3.8) is 0 Å². The summed E-state index contributed by atoms with van der Waals surface area (Å²) in [6.07, 6.45) is 0. The molecule has 1 aromatic rings. The van der Waals surface area contributed by atoms with Gasteiger partial charge in [-0.1, -0.05) is 0 Å². The van der Waals surface area contributed by atoms with E-state index >= 15 is 0 Å². The number of hydrogen-bond acceptors (Lipinski definition) is 1. The molecule has 0 atom stereocenters. The second kappa shape index (κ2) is 4.29. The molecule has 0 saturated heterocycles. The van der Waals surface area contributed by atoms with Crippen LogP contribution in [0.25, 0.3) is 0 Å². The molecule has 1 rings (SSSR count). The molecule has 0 aliphatic carbocycles. The van der Waals surface area contributed by atoms with Crippen molar-refractivity contribution in [2.75, 3.05) is 0 Å². The molecule has 0 aliphatic rings. The van der Waals surface area contributed by atoms with Crippen LogP contribution in [0.15, 0.2) is 18.2 Å². The summed E-state index contributed by atoms with van der Waals surface area (Å²) in [7, 11) is 5.70. The zero-order valence-corrected chi connectivity index (χ0v) is 9.53. The second-order valence-electron chi connectivity index (χ2n) is 2.35. The Hall–Kier alpha value is -0.0105. The van der Waals surface area contributed by atoms with Crippen LogP contribution in [0.2, 0.25) is 0 Å². The summed E-state index contributed by atoms with van der Waals surface area (Å²) < 4.78 is 0.851. The van der Waals surface area contributed by atoms with Crippen LogP contribution in [-0.4, -0.2) is 19.3 Å². The van der Waals surface area contributed by atoms with Gasteiger partial charge in [-0.3, -0.25) is 0 Å². The second-order valence-corrected chi connectivity index (χ2v) is 4.74. The van der Waals surface area contributed by atoms with Gasteiger partial charge in [-0.05, 0) is 0 Å². The van der Waals surface area contributed by atoms with Crippen LogP contribution in [-0.2, 0) is 0 Å². The molecule has 0 N–H and O–H groups in total. The number of halogens is 2. The van der Waals surface area contributed by atoms with Crippen molar-refractivity contribution < 1.29 is 4.79 Å². The normalized spacial score (nSPS) is 9.92. The maximum absolute atomic E-state index is 10.9. The van der Waals surface area contributed by atoms with Gasteiger partial charge in [0.05, 0.1) is 0 Å². The summed E-state index contributed by atoms with van der Waals surface area (Å²) in [5, 5.41) is -0.437. The molecule has 0 saturated carbocycles.